The van der Waals surface area contributed by atoms with Crippen LogP contribution in [0.25, 0.3) is 6.08 Å². The number of carboxylic acid groups (broad SMARTS) is 1. The van der Waals surface area contributed by atoms with Crippen LogP contribution in [0.5, 0.6) is 17.2 Å². The maximum atomic E-state index is 13.1. The molecule has 1 saturated heterocycles. The normalized spacial score (nSPS) is 16.2. The summed E-state index contributed by atoms with van der Waals surface area (Å²) in [4.78, 5) is 30.4. The molecular formula is C22H22N2O6S. The van der Waals surface area contributed by atoms with Crippen molar-refractivity contribution < 1.29 is 29.3 Å². The highest BCUT2D eigenvalue weighted by atomic mass is 32.2. The zero-order valence-electron chi connectivity index (χ0n) is 17.1. The van der Waals surface area contributed by atoms with Crippen LogP contribution in [-0.4, -0.2) is 52.9 Å². The van der Waals surface area contributed by atoms with E-state index in [0.717, 1.165) is 0 Å². The molecule has 1 aliphatic rings. The Bertz CT molecular complexity index is 1010. The van der Waals surface area contributed by atoms with Crippen LogP contribution in [0.2, 0.25) is 0 Å². The second-order valence-electron chi connectivity index (χ2n) is 6.57. The van der Waals surface area contributed by atoms with Crippen LogP contribution in [0.1, 0.15) is 18.4 Å². The van der Waals surface area contributed by atoms with Crippen LogP contribution in [0.15, 0.2) is 52.4 Å². The van der Waals surface area contributed by atoms with Crippen molar-refractivity contribution in [1.29, 1.82) is 0 Å². The summed E-state index contributed by atoms with van der Waals surface area (Å²) in [7, 11) is 2.85. The van der Waals surface area contributed by atoms with Gasteiger partial charge in [-0.3, -0.25) is 14.5 Å². The molecule has 31 heavy (non-hydrogen) atoms. The van der Waals surface area contributed by atoms with Gasteiger partial charge in [-0.1, -0.05) is 18.2 Å². The number of methoxy groups -OCH3 is 2. The van der Waals surface area contributed by atoms with Crippen LogP contribution in [-0.2, 0) is 9.59 Å². The van der Waals surface area contributed by atoms with Crippen molar-refractivity contribution in [2.45, 2.75) is 12.8 Å². The highest BCUT2D eigenvalue weighted by molar-refractivity contribution is 8.18. The Morgan fingerprint density at radius 2 is 1.81 bits per heavy atom. The Balaban J connectivity index is 1.95. The lowest BCUT2D eigenvalue weighted by molar-refractivity contribution is -0.137. The number of phenols is 1. The number of aliphatic carboxylic acids is 1. The molecule has 9 heteroatoms. The smallest absolute Gasteiger partial charge is 0.303 e. The maximum absolute atomic E-state index is 13.1. The fraction of sp³-hybridized carbons (Fsp3) is 0.227. The largest absolute Gasteiger partial charge is 0.502 e. The van der Waals surface area contributed by atoms with E-state index in [-0.39, 0.29) is 36.1 Å². The van der Waals surface area contributed by atoms with Crippen molar-refractivity contribution in [3.63, 3.8) is 0 Å². The van der Waals surface area contributed by atoms with Crippen LogP contribution in [0.3, 0.4) is 0 Å². The zero-order chi connectivity index (χ0) is 22.4. The van der Waals surface area contributed by atoms with E-state index in [1.165, 1.54) is 30.9 Å². The number of carboxylic acids is 1. The van der Waals surface area contributed by atoms with Crippen molar-refractivity contribution in [3.8, 4) is 17.2 Å². The van der Waals surface area contributed by atoms with Crippen LogP contribution in [0.4, 0.5) is 5.69 Å². The number of amides is 1. The highest BCUT2D eigenvalue weighted by Crippen LogP contribution is 2.40. The minimum Gasteiger partial charge on any atom is -0.502 e. The quantitative estimate of drug-likeness (QED) is 0.597. The van der Waals surface area contributed by atoms with Gasteiger partial charge < -0.3 is 19.7 Å². The Labute approximate surface area is 183 Å². The number of benzene rings is 2. The number of amidine groups is 1. The lowest BCUT2D eigenvalue weighted by Gasteiger charge is -2.14. The van der Waals surface area contributed by atoms with E-state index in [2.05, 4.69) is 4.99 Å². The molecule has 2 aromatic rings. The molecule has 162 valence electrons. The number of carbonyl (C=O) groups is 2. The van der Waals surface area contributed by atoms with Gasteiger partial charge in [-0.15, -0.1) is 0 Å². The van der Waals surface area contributed by atoms with Gasteiger partial charge in [0.05, 0.1) is 24.8 Å². The zero-order valence-corrected chi connectivity index (χ0v) is 17.9. The summed E-state index contributed by atoms with van der Waals surface area (Å²) in [6, 6.07) is 12.4. The van der Waals surface area contributed by atoms with Crippen molar-refractivity contribution in [2.75, 3.05) is 20.8 Å². The number of hydrogen-bond acceptors (Lipinski definition) is 7. The van der Waals surface area contributed by atoms with Gasteiger partial charge in [0, 0.05) is 13.0 Å². The van der Waals surface area contributed by atoms with Crippen molar-refractivity contribution in [2.24, 2.45) is 4.99 Å². The standard InChI is InChI=1S/C22H22N2O6S/c1-29-16-11-14(12-17(30-2)20(16)27)13-18-21(28)24(10-6-9-19(25)26)22(31-18)23-15-7-4-3-5-8-15/h3-5,7-8,11-13,27H,6,9-10H2,1-2H3,(H,25,26)/b18-13-,23-22?. The molecule has 0 atom stereocenters. The summed E-state index contributed by atoms with van der Waals surface area (Å²) >= 11 is 1.20. The minimum atomic E-state index is -0.917. The molecule has 1 heterocycles. The van der Waals surface area contributed by atoms with Crippen LogP contribution >= 0.6 is 11.8 Å². The SMILES string of the molecule is COc1cc(/C=C2\SC(=Nc3ccccc3)N(CCCC(=O)O)C2=O)cc(OC)c1O. The van der Waals surface area contributed by atoms with Gasteiger partial charge in [-0.25, -0.2) is 4.99 Å². The molecule has 1 fully saturated rings. The van der Waals surface area contributed by atoms with E-state index in [1.807, 2.05) is 30.3 Å². The van der Waals surface area contributed by atoms with E-state index in [1.54, 1.807) is 18.2 Å². The monoisotopic (exact) mass is 442 g/mol. The van der Waals surface area contributed by atoms with E-state index >= 15 is 0 Å². The van der Waals surface area contributed by atoms with Gasteiger partial charge in [0.1, 0.15) is 0 Å². The lowest BCUT2D eigenvalue weighted by atomic mass is 10.1. The average Bonchev–Trinajstić information content (AvgIpc) is 3.04. The van der Waals surface area contributed by atoms with E-state index < -0.39 is 5.97 Å². The molecule has 0 spiro atoms. The molecule has 1 amide bonds. The van der Waals surface area contributed by atoms with Gasteiger partial charge in [0.2, 0.25) is 5.75 Å². The molecule has 0 radical (unpaired) electrons. The molecule has 1 aliphatic heterocycles. The molecule has 0 unspecified atom stereocenters. The van der Waals surface area contributed by atoms with E-state index in [4.69, 9.17) is 14.6 Å². The first-order valence-electron chi connectivity index (χ1n) is 9.45. The van der Waals surface area contributed by atoms with Gasteiger partial charge >= 0.3 is 5.97 Å². The summed E-state index contributed by atoms with van der Waals surface area (Å²) in [6.07, 6.45) is 1.93. The molecule has 0 aromatic heterocycles. The number of hydrogen-bond donors (Lipinski definition) is 2. The molecule has 2 N–H and O–H groups in total. The summed E-state index contributed by atoms with van der Waals surface area (Å²) in [6.45, 7) is 0.239. The first-order valence-corrected chi connectivity index (χ1v) is 10.3. The lowest BCUT2D eigenvalue weighted by Crippen LogP contribution is -2.30. The first-order chi connectivity index (χ1) is 14.9. The topological polar surface area (TPSA) is 109 Å². The number of aliphatic imine (C=N–C) groups is 1. The first kappa shape index (κ1) is 22.2. The van der Waals surface area contributed by atoms with E-state index in [9.17, 15) is 14.7 Å². The number of thioether (sulfide) groups is 1. The molecule has 2 aromatic carbocycles. The summed E-state index contributed by atoms with van der Waals surface area (Å²) in [5.41, 5.74) is 1.30. The Hall–Kier alpha value is -3.46. The van der Waals surface area contributed by atoms with Crippen LogP contribution in [0, 0.1) is 0 Å². The van der Waals surface area contributed by atoms with Gasteiger partial charge in [-0.05, 0) is 54.1 Å². The van der Waals surface area contributed by atoms with Gasteiger partial charge in [0.25, 0.3) is 5.91 Å². The molecule has 3 rings (SSSR count). The predicted molar refractivity (Wildman–Crippen MR) is 119 cm³/mol. The summed E-state index contributed by atoms with van der Waals surface area (Å²) in [5, 5.41) is 19.5. The number of carbonyl (C=O) groups excluding carboxylic acids is 1. The average molecular weight is 442 g/mol. The third kappa shape index (κ3) is 5.37. The number of ether oxygens (including phenoxy) is 2. The van der Waals surface area contributed by atoms with Crippen molar-refractivity contribution >= 4 is 40.6 Å². The number of para-hydroxylation sites is 1. The number of aromatic hydroxyl groups is 1. The van der Waals surface area contributed by atoms with Gasteiger partial charge in [-0.2, -0.15) is 0 Å². The maximum Gasteiger partial charge on any atom is 0.303 e. The number of phenolic OH excluding ortho intramolecular Hbond substituents is 1. The second kappa shape index (κ2) is 10.0. The third-order valence-electron chi connectivity index (χ3n) is 4.44. The highest BCUT2D eigenvalue weighted by Gasteiger charge is 2.33. The molecular weight excluding hydrogens is 420 g/mol. The number of nitrogens with zero attached hydrogens (tertiary/aromatic N) is 2. The van der Waals surface area contributed by atoms with Crippen molar-refractivity contribution in [1.82, 2.24) is 4.90 Å². The number of rotatable bonds is 8. The third-order valence-corrected chi connectivity index (χ3v) is 5.45. The van der Waals surface area contributed by atoms with Gasteiger partial charge in [0.15, 0.2) is 16.7 Å². The Kier molecular flexibility index (Phi) is 7.19. The molecule has 0 aliphatic carbocycles. The minimum absolute atomic E-state index is 0.0432. The summed E-state index contributed by atoms with van der Waals surface area (Å²) < 4.78 is 10.4. The summed E-state index contributed by atoms with van der Waals surface area (Å²) in [5.74, 6) is -0.869. The van der Waals surface area contributed by atoms with E-state index in [0.29, 0.717) is 27.7 Å². The molecule has 0 saturated carbocycles. The van der Waals surface area contributed by atoms with Crippen molar-refractivity contribution in [3.05, 3.63) is 52.9 Å². The molecule has 8 nitrogen and oxygen atoms in total. The van der Waals surface area contributed by atoms with Crippen LogP contribution < -0.4 is 9.47 Å². The Morgan fingerprint density at radius 1 is 1.16 bits per heavy atom. The second-order valence-corrected chi connectivity index (χ2v) is 7.58. The Morgan fingerprint density at radius 3 is 2.39 bits per heavy atom. The fourth-order valence-corrected chi connectivity index (χ4v) is 3.96. The predicted octanol–water partition coefficient (Wildman–Crippen LogP) is 3.88. The molecule has 0 bridgehead atoms. The fourth-order valence-electron chi connectivity index (χ4n) is 2.94.